The van der Waals surface area contributed by atoms with E-state index in [2.05, 4.69) is 5.32 Å². The summed E-state index contributed by atoms with van der Waals surface area (Å²) >= 11 is 5.55. The molecule has 5 rings (SSSR count). The van der Waals surface area contributed by atoms with E-state index in [1.807, 2.05) is 0 Å². The van der Waals surface area contributed by atoms with Crippen molar-refractivity contribution in [3.63, 3.8) is 0 Å². The van der Waals surface area contributed by atoms with Gasteiger partial charge in [0.25, 0.3) is 11.8 Å². The van der Waals surface area contributed by atoms with E-state index in [1.165, 1.54) is 6.20 Å². The molecule has 0 radical (unpaired) electrons. The van der Waals surface area contributed by atoms with Gasteiger partial charge in [0.05, 0.1) is 12.1 Å². The number of nitrogens with one attached hydrogen (secondary N) is 1. The highest BCUT2D eigenvalue weighted by Gasteiger charge is 2.58. The molecule has 2 saturated carbocycles. The van der Waals surface area contributed by atoms with Crippen LogP contribution in [-0.4, -0.2) is 39.5 Å². The van der Waals surface area contributed by atoms with Gasteiger partial charge in [0, 0.05) is 25.4 Å². The number of carbonyl (C=O) groups excluding carboxylic acids is 2. The first kappa shape index (κ1) is 20.0. The molecule has 2 heterocycles. The first-order valence-corrected chi connectivity index (χ1v) is 10.2. The third kappa shape index (κ3) is 2.86. The van der Waals surface area contributed by atoms with Gasteiger partial charge in [-0.25, -0.2) is 8.78 Å². The van der Waals surface area contributed by atoms with Crippen LogP contribution in [0.3, 0.4) is 0 Å². The Morgan fingerprint density at radius 2 is 2.03 bits per heavy atom. The largest absolute Gasteiger partial charge is 0.503 e. The van der Waals surface area contributed by atoms with Crippen LogP contribution < -0.4 is 10.7 Å². The molecule has 1 aromatic heterocycles. The van der Waals surface area contributed by atoms with Crippen LogP contribution in [0.1, 0.15) is 45.3 Å². The molecule has 162 valence electrons. The van der Waals surface area contributed by atoms with Gasteiger partial charge in [-0.3, -0.25) is 14.4 Å². The molecule has 2 amide bonds. The van der Waals surface area contributed by atoms with Crippen molar-refractivity contribution in [1.29, 1.82) is 0 Å². The van der Waals surface area contributed by atoms with Crippen molar-refractivity contribution < 1.29 is 23.5 Å². The van der Waals surface area contributed by atoms with Gasteiger partial charge in [-0.05, 0) is 30.7 Å². The summed E-state index contributed by atoms with van der Waals surface area (Å²) in [6.07, 6.45) is 3.14. The lowest BCUT2D eigenvalue weighted by Gasteiger charge is -2.39. The van der Waals surface area contributed by atoms with Crippen LogP contribution in [0, 0.1) is 23.5 Å². The minimum absolute atomic E-state index is 0.0433. The Labute approximate surface area is 180 Å². The normalized spacial score (nSPS) is 25.7. The molecule has 7 nitrogen and oxygen atoms in total. The Kier molecular flexibility index (Phi) is 4.37. The quantitative estimate of drug-likeness (QED) is 0.704. The molecule has 2 aromatic rings. The number of aromatic nitrogens is 1. The molecule has 2 aliphatic carbocycles. The van der Waals surface area contributed by atoms with Crippen LogP contribution in [-0.2, 0) is 6.54 Å². The van der Waals surface area contributed by atoms with E-state index in [9.17, 15) is 28.3 Å². The van der Waals surface area contributed by atoms with Gasteiger partial charge in [-0.2, -0.15) is 0 Å². The van der Waals surface area contributed by atoms with Gasteiger partial charge < -0.3 is 19.9 Å². The van der Waals surface area contributed by atoms with Gasteiger partial charge in [0.2, 0.25) is 5.43 Å². The predicted molar refractivity (Wildman–Crippen MR) is 106 cm³/mol. The Balaban J connectivity index is 1.48. The fourth-order valence-corrected chi connectivity index (χ4v) is 5.23. The summed E-state index contributed by atoms with van der Waals surface area (Å²) in [7, 11) is 1.66. The zero-order valence-electron chi connectivity index (χ0n) is 16.4. The van der Waals surface area contributed by atoms with E-state index in [1.54, 1.807) is 16.5 Å². The summed E-state index contributed by atoms with van der Waals surface area (Å²) in [6.45, 7) is -0.343. The maximum absolute atomic E-state index is 14.1. The molecule has 2 N–H and O–H groups in total. The molecular weight excluding hydrogens is 432 g/mol. The number of rotatable bonds is 3. The second-order valence-electron chi connectivity index (χ2n) is 8.36. The third-order valence-electron chi connectivity index (χ3n) is 6.69. The Morgan fingerprint density at radius 3 is 2.77 bits per heavy atom. The minimum atomic E-state index is -1.01. The molecule has 4 atom stereocenters. The van der Waals surface area contributed by atoms with Crippen molar-refractivity contribution in [3.8, 4) is 5.75 Å². The molecule has 10 heteroatoms. The average molecular weight is 450 g/mol. The Morgan fingerprint density at radius 1 is 1.29 bits per heavy atom. The van der Waals surface area contributed by atoms with E-state index >= 15 is 0 Å². The summed E-state index contributed by atoms with van der Waals surface area (Å²) in [6, 6.07) is 1.93. The molecule has 4 unspecified atom stereocenters. The highest BCUT2D eigenvalue weighted by molar-refractivity contribution is 6.30. The minimum Gasteiger partial charge on any atom is -0.503 e. The second kappa shape index (κ2) is 6.78. The van der Waals surface area contributed by atoms with Crippen molar-refractivity contribution in [2.75, 3.05) is 7.05 Å². The van der Waals surface area contributed by atoms with Crippen molar-refractivity contribution in [3.05, 3.63) is 62.0 Å². The number of hydrogen-bond donors (Lipinski definition) is 2. The smallest absolute Gasteiger partial charge is 0.274 e. The maximum atomic E-state index is 14.1. The number of halogens is 3. The van der Waals surface area contributed by atoms with Crippen LogP contribution in [0.5, 0.6) is 5.75 Å². The van der Waals surface area contributed by atoms with Gasteiger partial charge in [-0.15, -0.1) is 0 Å². The molecule has 0 spiro atoms. The second-order valence-corrected chi connectivity index (χ2v) is 8.74. The molecule has 1 aromatic carbocycles. The predicted octanol–water partition coefficient (Wildman–Crippen LogP) is 2.45. The van der Waals surface area contributed by atoms with Gasteiger partial charge >= 0.3 is 0 Å². The van der Waals surface area contributed by atoms with E-state index in [0.29, 0.717) is 11.8 Å². The van der Waals surface area contributed by atoms with Gasteiger partial charge in [0.1, 0.15) is 22.2 Å². The number of benzene rings is 1. The number of nitrogens with zero attached hydrogens (tertiary/aromatic N) is 2. The van der Waals surface area contributed by atoms with Crippen LogP contribution in [0.2, 0.25) is 5.02 Å². The Bertz CT molecular complexity index is 1210. The highest BCUT2D eigenvalue weighted by atomic mass is 35.5. The zero-order valence-corrected chi connectivity index (χ0v) is 17.1. The van der Waals surface area contributed by atoms with E-state index < -0.39 is 39.6 Å². The van der Waals surface area contributed by atoms with Crippen molar-refractivity contribution in [1.82, 2.24) is 14.8 Å². The van der Waals surface area contributed by atoms with Crippen molar-refractivity contribution in [2.24, 2.45) is 11.8 Å². The third-order valence-corrected chi connectivity index (χ3v) is 7.04. The first-order chi connectivity index (χ1) is 14.7. The fourth-order valence-electron chi connectivity index (χ4n) is 5.05. The van der Waals surface area contributed by atoms with Crippen LogP contribution in [0.15, 0.2) is 23.1 Å². The number of amides is 2. The number of fused-ring (bicyclic) bond motifs is 5. The number of hydrogen-bond acceptors (Lipinski definition) is 4. The summed E-state index contributed by atoms with van der Waals surface area (Å²) in [5.41, 5.74) is -1.52. The summed E-state index contributed by atoms with van der Waals surface area (Å²) in [5.74, 6) is -3.14. The zero-order chi connectivity index (χ0) is 22.2. The van der Waals surface area contributed by atoms with E-state index in [4.69, 9.17) is 11.6 Å². The van der Waals surface area contributed by atoms with Gasteiger partial charge in [-0.1, -0.05) is 17.7 Å². The summed E-state index contributed by atoms with van der Waals surface area (Å²) < 4.78 is 28.9. The molecule has 0 bridgehead atoms. The number of carbonyl (C=O) groups is 2. The molecule has 2 fully saturated rings. The first-order valence-electron chi connectivity index (χ1n) is 9.86. The fraction of sp³-hybridized carbons (Fsp3) is 0.381. The topological polar surface area (TPSA) is 91.6 Å². The van der Waals surface area contributed by atoms with E-state index in [-0.39, 0.29) is 35.4 Å². The standard InChI is InChI=1S/C21H18ClF2N3O4/c1-26-16-10-4-9(10)5-13(16)27-7-11(18(28)19(29)17(27)21(26)31)20(30)25-6-8-2-3-12(23)14(22)15(8)24/h2-3,7,9-10,13,16,29H,4-6H2,1H3,(H,25,30). The molecule has 3 aliphatic rings. The maximum Gasteiger partial charge on any atom is 0.274 e. The highest BCUT2D eigenvalue weighted by Crippen LogP contribution is 2.59. The van der Waals surface area contributed by atoms with Gasteiger partial charge in [0.15, 0.2) is 11.4 Å². The lowest BCUT2D eigenvalue weighted by atomic mass is 9.99. The van der Waals surface area contributed by atoms with Crippen molar-refractivity contribution >= 4 is 23.4 Å². The monoisotopic (exact) mass is 449 g/mol. The molecular formula is C21H18ClF2N3O4. The van der Waals surface area contributed by atoms with E-state index in [0.717, 1.165) is 25.0 Å². The number of pyridine rings is 1. The van der Waals surface area contributed by atoms with Crippen LogP contribution in [0.25, 0.3) is 0 Å². The van der Waals surface area contributed by atoms with Crippen LogP contribution >= 0.6 is 11.6 Å². The molecule has 1 aliphatic heterocycles. The molecule has 0 saturated heterocycles. The number of aromatic hydroxyl groups is 1. The molecule has 31 heavy (non-hydrogen) atoms. The lowest BCUT2D eigenvalue weighted by Crippen LogP contribution is -2.49. The SMILES string of the molecule is CN1C(=O)c2c(O)c(=O)c(C(=O)NCc3ccc(F)c(Cl)c3F)cn2C2CC3CC3C21. The Hall–Kier alpha value is -2.94. The van der Waals surface area contributed by atoms with Crippen molar-refractivity contribution in [2.45, 2.75) is 31.5 Å². The summed E-state index contributed by atoms with van der Waals surface area (Å²) in [5, 5.41) is 12.2. The average Bonchev–Trinajstić information content (AvgIpc) is 3.41. The van der Waals surface area contributed by atoms with Crippen LogP contribution in [0.4, 0.5) is 8.78 Å². The number of likely N-dealkylation sites (N-methyl/N-ethyl adjacent to an activating group) is 1. The lowest BCUT2D eigenvalue weighted by molar-refractivity contribution is 0.0581. The summed E-state index contributed by atoms with van der Waals surface area (Å²) in [4.78, 5) is 39.7.